The summed E-state index contributed by atoms with van der Waals surface area (Å²) in [5.74, 6) is -0.0615. The van der Waals surface area contributed by atoms with E-state index in [4.69, 9.17) is 0 Å². The third kappa shape index (κ3) is 5.16. The summed E-state index contributed by atoms with van der Waals surface area (Å²) >= 11 is 1.55. The Kier molecular flexibility index (Phi) is 6.00. The van der Waals surface area contributed by atoms with E-state index in [9.17, 15) is 13.6 Å². The van der Waals surface area contributed by atoms with Gasteiger partial charge in [0.05, 0.1) is 11.7 Å². The quantitative estimate of drug-likeness (QED) is 0.725. The Balaban J connectivity index is 2.19. The molecule has 0 aliphatic carbocycles. The summed E-state index contributed by atoms with van der Waals surface area (Å²) in [5, 5.41) is 7.53. The smallest absolute Gasteiger partial charge is 0.387 e. The summed E-state index contributed by atoms with van der Waals surface area (Å²) in [6.07, 6.45) is 0. The number of carbonyl (C=O) groups is 1. The molecule has 0 saturated heterocycles. The number of urea groups is 1. The van der Waals surface area contributed by atoms with Crippen LogP contribution in [0.15, 0.2) is 35.7 Å². The van der Waals surface area contributed by atoms with E-state index in [0.717, 1.165) is 4.88 Å². The summed E-state index contributed by atoms with van der Waals surface area (Å²) in [6, 6.07) is 7.91. The molecule has 1 unspecified atom stereocenters. The number of benzene rings is 1. The predicted molar refractivity (Wildman–Crippen MR) is 96.5 cm³/mol. The Hall–Kier alpha value is -2.15. The first-order valence-electron chi connectivity index (χ1n) is 7.84. The van der Waals surface area contributed by atoms with Crippen molar-refractivity contribution >= 4 is 23.1 Å². The summed E-state index contributed by atoms with van der Waals surface area (Å²) in [5.41, 5.74) is 0.659. The first-order chi connectivity index (χ1) is 11.7. The molecule has 7 heteroatoms. The SMILES string of the molecule is Cc1cccc(OC(F)F)c1NC(=O)NC(c1cccs1)C(C)(C)C. The van der Waals surface area contributed by atoms with Crippen LogP contribution in [-0.4, -0.2) is 12.6 Å². The van der Waals surface area contributed by atoms with E-state index < -0.39 is 12.6 Å². The number of ether oxygens (including phenoxy) is 1. The fourth-order valence-electron chi connectivity index (χ4n) is 2.45. The van der Waals surface area contributed by atoms with E-state index in [1.54, 1.807) is 30.4 Å². The Morgan fingerprint density at radius 3 is 2.48 bits per heavy atom. The molecule has 4 nitrogen and oxygen atoms in total. The van der Waals surface area contributed by atoms with Crippen molar-refractivity contribution in [2.24, 2.45) is 5.41 Å². The molecule has 1 heterocycles. The van der Waals surface area contributed by atoms with Gasteiger partial charge in [-0.15, -0.1) is 11.3 Å². The molecule has 0 aliphatic heterocycles. The third-order valence-corrected chi connectivity index (χ3v) is 4.60. The number of nitrogens with one attached hydrogen (secondary N) is 2. The molecule has 25 heavy (non-hydrogen) atoms. The Morgan fingerprint density at radius 1 is 1.20 bits per heavy atom. The maximum Gasteiger partial charge on any atom is 0.387 e. The zero-order chi connectivity index (χ0) is 18.6. The summed E-state index contributed by atoms with van der Waals surface area (Å²) < 4.78 is 29.6. The number of hydrogen-bond acceptors (Lipinski definition) is 3. The van der Waals surface area contributed by atoms with Crippen LogP contribution in [0.1, 0.15) is 37.3 Å². The number of rotatable bonds is 5. The molecule has 0 bridgehead atoms. The minimum Gasteiger partial charge on any atom is -0.433 e. The highest BCUT2D eigenvalue weighted by atomic mass is 32.1. The lowest BCUT2D eigenvalue weighted by Crippen LogP contribution is -2.38. The fourth-order valence-corrected chi connectivity index (χ4v) is 3.47. The lowest BCUT2D eigenvalue weighted by molar-refractivity contribution is -0.0493. The summed E-state index contributed by atoms with van der Waals surface area (Å²) in [7, 11) is 0. The molecule has 2 N–H and O–H groups in total. The van der Waals surface area contributed by atoms with Crippen molar-refractivity contribution in [1.29, 1.82) is 0 Å². The van der Waals surface area contributed by atoms with Gasteiger partial charge in [-0.3, -0.25) is 0 Å². The van der Waals surface area contributed by atoms with Crippen LogP contribution in [0.3, 0.4) is 0 Å². The zero-order valence-electron chi connectivity index (χ0n) is 14.6. The highest BCUT2D eigenvalue weighted by Gasteiger charge is 2.29. The summed E-state index contributed by atoms with van der Waals surface area (Å²) in [6.45, 7) is 4.83. The first-order valence-corrected chi connectivity index (χ1v) is 8.72. The molecular weight excluding hydrogens is 346 g/mol. The van der Waals surface area contributed by atoms with Crippen molar-refractivity contribution < 1.29 is 18.3 Å². The Labute approximate surface area is 150 Å². The molecule has 0 saturated carbocycles. The van der Waals surface area contributed by atoms with Crippen LogP contribution in [0.4, 0.5) is 19.3 Å². The van der Waals surface area contributed by atoms with Crippen molar-refractivity contribution in [3.8, 4) is 5.75 Å². The molecule has 1 aromatic heterocycles. The average molecular weight is 368 g/mol. The maximum atomic E-state index is 12.6. The van der Waals surface area contributed by atoms with Crippen LogP contribution < -0.4 is 15.4 Å². The number of thiophene rings is 1. The molecule has 2 rings (SSSR count). The van der Waals surface area contributed by atoms with Gasteiger partial charge in [0.25, 0.3) is 0 Å². The van der Waals surface area contributed by atoms with Gasteiger partial charge in [0.2, 0.25) is 0 Å². The largest absolute Gasteiger partial charge is 0.433 e. The minimum atomic E-state index is -2.96. The zero-order valence-corrected chi connectivity index (χ0v) is 15.4. The van der Waals surface area contributed by atoms with Gasteiger partial charge < -0.3 is 15.4 Å². The average Bonchev–Trinajstić information content (AvgIpc) is 3.00. The second-order valence-electron chi connectivity index (χ2n) is 6.74. The molecule has 2 aromatic rings. The van der Waals surface area contributed by atoms with Gasteiger partial charge in [0.1, 0.15) is 5.75 Å². The number of amides is 2. The topological polar surface area (TPSA) is 50.4 Å². The van der Waals surface area contributed by atoms with Gasteiger partial charge >= 0.3 is 12.6 Å². The van der Waals surface area contributed by atoms with Crippen LogP contribution in [0, 0.1) is 12.3 Å². The van der Waals surface area contributed by atoms with Crippen molar-refractivity contribution in [1.82, 2.24) is 5.32 Å². The van der Waals surface area contributed by atoms with Crippen LogP contribution in [0.5, 0.6) is 5.75 Å². The molecular formula is C18H22F2N2O2S. The van der Waals surface area contributed by atoms with Crippen LogP contribution in [0.25, 0.3) is 0 Å². The highest BCUT2D eigenvalue weighted by molar-refractivity contribution is 7.10. The van der Waals surface area contributed by atoms with Crippen molar-refractivity contribution in [3.05, 3.63) is 46.2 Å². The standard InChI is InChI=1S/C18H22F2N2O2S/c1-11-7-5-8-12(24-16(19)20)14(11)21-17(23)22-15(18(2,3)4)13-9-6-10-25-13/h5-10,15-16H,1-4H3,(H2,21,22,23). The van der Waals surface area contributed by atoms with E-state index in [2.05, 4.69) is 15.4 Å². The third-order valence-electron chi connectivity index (χ3n) is 3.66. The van der Waals surface area contributed by atoms with E-state index >= 15 is 0 Å². The fraction of sp³-hybridized carbons (Fsp3) is 0.389. The first kappa shape index (κ1) is 19.2. The molecule has 0 spiro atoms. The number of carbonyl (C=O) groups excluding carboxylic acids is 1. The molecule has 0 fully saturated rings. The van der Waals surface area contributed by atoms with Crippen molar-refractivity contribution in [3.63, 3.8) is 0 Å². The lowest BCUT2D eigenvalue weighted by Gasteiger charge is -2.31. The monoisotopic (exact) mass is 368 g/mol. The van der Waals surface area contributed by atoms with Gasteiger partial charge in [-0.2, -0.15) is 8.78 Å². The molecule has 136 valence electrons. The van der Waals surface area contributed by atoms with Gasteiger partial charge in [-0.1, -0.05) is 39.0 Å². The van der Waals surface area contributed by atoms with Gasteiger partial charge in [0.15, 0.2) is 0 Å². The number of para-hydroxylation sites is 1. The van der Waals surface area contributed by atoms with Gasteiger partial charge in [-0.25, -0.2) is 4.79 Å². The Morgan fingerprint density at radius 2 is 1.92 bits per heavy atom. The van der Waals surface area contributed by atoms with E-state index in [1.807, 2.05) is 38.3 Å². The minimum absolute atomic E-state index is 0.0615. The van der Waals surface area contributed by atoms with E-state index in [1.165, 1.54) is 6.07 Å². The summed E-state index contributed by atoms with van der Waals surface area (Å²) in [4.78, 5) is 13.5. The number of halogens is 2. The number of anilines is 1. The van der Waals surface area contributed by atoms with Gasteiger partial charge in [0, 0.05) is 4.88 Å². The number of alkyl halides is 2. The van der Waals surface area contributed by atoms with Crippen molar-refractivity contribution in [2.45, 2.75) is 40.3 Å². The second-order valence-corrected chi connectivity index (χ2v) is 7.72. The van der Waals surface area contributed by atoms with Crippen LogP contribution >= 0.6 is 11.3 Å². The predicted octanol–water partition coefficient (Wildman–Crippen LogP) is 5.57. The number of hydrogen-bond donors (Lipinski definition) is 2. The molecule has 2 amide bonds. The van der Waals surface area contributed by atoms with Crippen LogP contribution in [0.2, 0.25) is 0 Å². The normalized spacial score (nSPS) is 12.8. The van der Waals surface area contributed by atoms with E-state index in [-0.39, 0.29) is 22.9 Å². The lowest BCUT2D eigenvalue weighted by atomic mass is 9.86. The molecule has 0 radical (unpaired) electrons. The van der Waals surface area contributed by atoms with Crippen molar-refractivity contribution in [2.75, 3.05) is 5.32 Å². The number of aryl methyl sites for hydroxylation is 1. The molecule has 1 atom stereocenters. The molecule has 0 aliphatic rings. The van der Waals surface area contributed by atoms with E-state index in [0.29, 0.717) is 5.56 Å². The van der Waals surface area contributed by atoms with Gasteiger partial charge in [-0.05, 0) is 35.4 Å². The molecule has 1 aromatic carbocycles. The van der Waals surface area contributed by atoms with Crippen LogP contribution in [-0.2, 0) is 0 Å². The Bertz CT molecular complexity index is 712. The second kappa shape index (κ2) is 7.82. The highest BCUT2D eigenvalue weighted by Crippen LogP contribution is 2.35. The maximum absolute atomic E-state index is 12.6.